The van der Waals surface area contributed by atoms with Crippen molar-refractivity contribution < 1.29 is 18.0 Å². The van der Waals surface area contributed by atoms with E-state index in [1.807, 2.05) is 68.4 Å². The predicted octanol–water partition coefficient (Wildman–Crippen LogP) is 6.40. The van der Waals surface area contributed by atoms with Gasteiger partial charge in [0.1, 0.15) is 12.6 Å². The number of aryl methyl sites for hydroxylation is 1. The maximum absolute atomic E-state index is 14.5. The van der Waals surface area contributed by atoms with Crippen molar-refractivity contribution in [1.82, 2.24) is 10.2 Å². The number of hydrogen-bond acceptors (Lipinski definition) is 4. The summed E-state index contributed by atoms with van der Waals surface area (Å²) in [6.45, 7) is 4.06. The minimum Gasteiger partial charge on any atom is -0.354 e. The minimum atomic E-state index is -4.18. The molecule has 0 fully saturated rings. The Balaban J connectivity index is 1.79. The highest BCUT2D eigenvalue weighted by Crippen LogP contribution is 2.27. The number of benzene rings is 4. The molecular weight excluding hydrogens is 594 g/mol. The molecule has 44 heavy (non-hydrogen) atoms. The van der Waals surface area contributed by atoms with E-state index in [4.69, 9.17) is 11.6 Å². The summed E-state index contributed by atoms with van der Waals surface area (Å²) in [5.74, 6) is -0.802. The van der Waals surface area contributed by atoms with Crippen molar-refractivity contribution in [2.45, 2.75) is 50.6 Å². The van der Waals surface area contributed by atoms with Gasteiger partial charge in [-0.1, -0.05) is 104 Å². The van der Waals surface area contributed by atoms with Crippen molar-refractivity contribution in [2.24, 2.45) is 0 Å². The van der Waals surface area contributed by atoms with E-state index in [0.717, 1.165) is 33.8 Å². The van der Waals surface area contributed by atoms with Crippen LogP contribution in [0.4, 0.5) is 5.69 Å². The first kappa shape index (κ1) is 32.8. The van der Waals surface area contributed by atoms with Crippen LogP contribution < -0.4 is 9.62 Å². The summed E-state index contributed by atoms with van der Waals surface area (Å²) in [6, 6.07) is 30.6. The van der Waals surface area contributed by atoms with Crippen molar-refractivity contribution in [3.63, 3.8) is 0 Å². The van der Waals surface area contributed by atoms with E-state index in [9.17, 15) is 18.0 Å². The summed E-state index contributed by atoms with van der Waals surface area (Å²) >= 11 is 6.28. The van der Waals surface area contributed by atoms with Crippen molar-refractivity contribution in [3.8, 4) is 0 Å². The van der Waals surface area contributed by atoms with E-state index in [1.165, 1.54) is 23.1 Å². The fourth-order valence-electron chi connectivity index (χ4n) is 4.91. The fraction of sp³-hybridized carbons (Fsp3) is 0.257. The predicted molar refractivity (Wildman–Crippen MR) is 176 cm³/mol. The normalized spacial score (nSPS) is 11.9. The second-order valence-electron chi connectivity index (χ2n) is 10.6. The average molecular weight is 632 g/mol. The third-order valence-electron chi connectivity index (χ3n) is 7.41. The highest BCUT2D eigenvalue weighted by Gasteiger charge is 2.34. The van der Waals surface area contributed by atoms with Crippen molar-refractivity contribution in [3.05, 3.63) is 131 Å². The Morgan fingerprint density at radius 1 is 0.864 bits per heavy atom. The SMILES string of the molecule is CCCCNC(=O)[C@@H](Cc1ccccc1)N(Cc1ccccc1C)C(=O)CN(c1cccc(Cl)c1)S(=O)(=O)c1ccccc1. The molecule has 9 heteroatoms. The number of sulfonamides is 1. The Kier molecular flexibility index (Phi) is 11.6. The second-order valence-corrected chi connectivity index (χ2v) is 12.9. The van der Waals surface area contributed by atoms with Gasteiger partial charge in [0.25, 0.3) is 10.0 Å². The number of anilines is 1. The van der Waals surface area contributed by atoms with Crippen molar-refractivity contribution in [1.29, 1.82) is 0 Å². The zero-order chi connectivity index (χ0) is 31.5. The summed E-state index contributed by atoms with van der Waals surface area (Å²) in [4.78, 5) is 29.8. The molecule has 4 aromatic carbocycles. The maximum Gasteiger partial charge on any atom is 0.264 e. The molecule has 1 N–H and O–H groups in total. The molecule has 0 aliphatic carbocycles. The average Bonchev–Trinajstić information content (AvgIpc) is 3.03. The van der Waals surface area contributed by atoms with Gasteiger partial charge in [-0.3, -0.25) is 13.9 Å². The van der Waals surface area contributed by atoms with E-state index in [-0.39, 0.29) is 29.5 Å². The Bertz CT molecular complexity index is 1650. The van der Waals surface area contributed by atoms with Gasteiger partial charge in [-0.2, -0.15) is 0 Å². The Hall–Kier alpha value is -4.14. The maximum atomic E-state index is 14.5. The summed E-state index contributed by atoms with van der Waals surface area (Å²) in [7, 11) is -4.18. The molecule has 230 valence electrons. The van der Waals surface area contributed by atoms with Crippen LogP contribution >= 0.6 is 11.6 Å². The molecule has 0 radical (unpaired) electrons. The van der Waals surface area contributed by atoms with E-state index in [0.29, 0.717) is 11.6 Å². The van der Waals surface area contributed by atoms with Crippen molar-refractivity contribution >= 4 is 39.1 Å². The largest absolute Gasteiger partial charge is 0.354 e. The summed E-state index contributed by atoms with van der Waals surface area (Å²) in [5.41, 5.74) is 2.95. The minimum absolute atomic E-state index is 0.0383. The number of hydrogen-bond donors (Lipinski definition) is 1. The van der Waals surface area contributed by atoms with Crippen LogP contribution in [0.2, 0.25) is 5.02 Å². The molecule has 7 nitrogen and oxygen atoms in total. The highest BCUT2D eigenvalue weighted by atomic mass is 35.5. The number of amides is 2. The van der Waals surface area contributed by atoms with Crippen LogP contribution in [-0.4, -0.2) is 44.3 Å². The van der Waals surface area contributed by atoms with Crippen LogP contribution in [-0.2, 0) is 32.6 Å². The van der Waals surface area contributed by atoms with Crippen LogP contribution in [0.15, 0.2) is 114 Å². The van der Waals surface area contributed by atoms with E-state index in [1.54, 1.807) is 36.4 Å². The topological polar surface area (TPSA) is 86.8 Å². The first-order valence-electron chi connectivity index (χ1n) is 14.7. The Labute approximate surface area is 265 Å². The lowest BCUT2D eigenvalue weighted by molar-refractivity contribution is -0.140. The number of halogens is 1. The number of carbonyl (C=O) groups excluding carboxylic acids is 2. The zero-order valence-corrected chi connectivity index (χ0v) is 26.6. The molecule has 1 atom stereocenters. The zero-order valence-electron chi connectivity index (χ0n) is 25.0. The summed E-state index contributed by atoms with van der Waals surface area (Å²) in [6.07, 6.45) is 1.97. The number of unbranched alkanes of at least 4 members (excludes halogenated alkanes) is 1. The molecule has 0 saturated carbocycles. The van der Waals surface area contributed by atoms with Gasteiger partial charge < -0.3 is 10.2 Å². The van der Waals surface area contributed by atoms with E-state index >= 15 is 0 Å². The summed E-state index contributed by atoms with van der Waals surface area (Å²) < 4.78 is 29.1. The Morgan fingerprint density at radius 2 is 1.52 bits per heavy atom. The van der Waals surface area contributed by atoms with Crippen LogP contribution in [0.1, 0.15) is 36.5 Å². The molecule has 2 amide bonds. The summed E-state index contributed by atoms with van der Waals surface area (Å²) in [5, 5.41) is 3.34. The first-order valence-corrected chi connectivity index (χ1v) is 16.5. The lowest BCUT2D eigenvalue weighted by Crippen LogP contribution is -2.53. The van der Waals surface area contributed by atoms with Crippen LogP contribution in [0.25, 0.3) is 0 Å². The molecule has 0 saturated heterocycles. The molecule has 0 bridgehead atoms. The number of nitrogens with zero attached hydrogens (tertiary/aromatic N) is 2. The van der Waals surface area contributed by atoms with Crippen LogP contribution in [0, 0.1) is 6.92 Å². The molecular formula is C35H38ClN3O4S. The molecule has 0 heterocycles. The quantitative estimate of drug-likeness (QED) is 0.163. The number of nitrogens with one attached hydrogen (secondary N) is 1. The van der Waals surface area contributed by atoms with Gasteiger partial charge in [0.15, 0.2) is 0 Å². The molecule has 4 rings (SSSR count). The third kappa shape index (κ3) is 8.49. The fourth-order valence-corrected chi connectivity index (χ4v) is 6.52. The van der Waals surface area contributed by atoms with E-state index < -0.39 is 28.5 Å². The van der Waals surface area contributed by atoms with Crippen molar-refractivity contribution in [2.75, 3.05) is 17.4 Å². The number of carbonyl (C=O) groups is 2. The molecule has 0 aliphatic heterocycles. The molecule has 0 spiro atoms. The van der Waals surface area contributed by atoms with E-state index in [2.05, 4.69) is 5.32 Å². The molecule has 0 unspecified atom stereocenters. The monoisotopic (exact) mass is 631 g/mol. The molecule has 0 aliphatic rings. The lowest BCUT2D eigenvalue weighted by Gasteiger charge is -2.34. The smallest absolute Gasteiger partial charge is 0.264 e. The third-order valence-corrected chi connectivity index (χ3v) is 9.43. The lowest BCUT2D eigenvalue weighted by atomic mass is 10.0. The van der Waals surface area contributed by atoms with Gasteiger partial charge in [0.05, 0.1) is 10.6 Å². The highest BCUT2D eigenvalue weighted by molar-refractivity contribution is 7.92. The van der Waals surface area contributed by atoms with Gasteiger partial charge in [0, 0.05) is 24.5 Å². The second kappa shape index (κ2) is 15.5. The Morgan fingerprint density at radius 3 is 2.18 bits per heavy atom. The van der Waals surface area contributed by atoms with Gasteiger partial charge in [-0.25, -0.2) is 8.42 Å². The number of rotatable bonds is 14. The standard InChI is InChI=1S/C35H38ClN3O4S/c1-3-4-22-37-35(41)33(23-28-15-7-5-8-16-28)38(25-29-17-12-11-14-27(29)2)34(40)26-39(31-19-13-18-30(36)24-31)44(42,43)32-20-9-6-10-21-32/h5-21,24,33H,3-4,22-23,25-26H2,1-2H3,(H,37,41)/t33-/m1/s1. The van der Waals surface area contributed by atoms with Crippen LogP contribution in [0.5, 0.6) is 0 Å². The van der Waals surface area contributed by atoms with Gasteiger partial charge in [-0.15, -0.1) is 0 Å². The first-order chi connectivity index (χ1) is 21.2. The van der Waals surface area contributed by atoms with Gasteiger partial charge in [-0.05, 0) is 60.4 Å². The molecule has 0 aromatic heterocycles. The van der Waals surface area contributed by atoms with Gasteiger partial charge >= 0.3 is 0 Å². The van der Waals surface area contributed by atoms with Crippen LogP contribution in [0.3, 0.4) is 0 Å². The van der Waals surface area contributed by atoms with Gasteiger partial charge in [0.2, 0.25) is 11.8 Å². The molecule has 4 aromatic rings.